The molecule has 1 aliphatic rings. The predicted octanol–water partition coefficient (Wildman–Crippen LogP) is 1.92. The lowest BCUT2D eigenvalue weighted by Gasteiger charge is -2.29. The summed E-state index contributed by atoms with van der Waals surface area (Å²) in [5.74, 6) is 0.908. The molecule has 0 bridgehead atoms. The Bertz CT molecular complexity index is 367. The summed E-state index contributed by atoms with van der Waals surface area (Å²) in [6.07, 6.45) is 6.53. The summed E-state index contributed by atoms with van der Waals surface area (Å²) >= 11 is 0. The molecule has 1 aliphatic carbocycles. The van der Waals surface area contributed by atoms with Crippen LogP contribution in [0, 0.1) is 5.92 Å². The van der Waals surface area contributed by atoms with Gasteiger partial charge in [-0.05, 0) is 37.3 Å². The van der Waals surface area contributed by atoms with Crippen LogP contribution in [0.1, 0.15) is 25.3 Å². The molecular formula is C16H27N3O. The van der Waals surface area contributed by atoms with Crippen LogP contribution >= 0.6 is 0 Å². The normalized spacial score (nSPS) is 16.6. The molecule has 1 heterocycles. The van der Waals surface area contributed by atoms with E-state index in [-0.39, 0.29) is 0 Å². The maximum absolute atomic E-state index is 5.23. The van der Waals surface area contributed by atoms with E-state index in [1.807, 2.05) is 18.5 Å². The van der Waals surface area contributed by atoms with Crippen molar-refractivity contribution in [1.82, 2.24) is 15.2 Å². The van der Waals surface area contributed by atoms with E-state index in [4.69, 9.17) is 4.74 Å². The first-order chi connectivity index (χ1) is 9.81. The van der Waals surface area contributed by atoms with Gasteiger partial charge in [-0.3, -0.25) is 9.88 Å². The van der Waals surface area contributed by atoms with Crippen molar-refractivity contribution in [2.24, 2.45) is 5.92 Å². The summed E-state index contributed by atoms with van der Waals surface area (Å²) in [7, 11) is 1.78. The second kappa shape index (κ2) is 8.35. The lowest BCUT2D eigenvalue weighted by Crippen LogP contribution is -2.41. The molecule has 1 unspecified atom stereocenters. The molecular weight excluding hydrogens is 250 g/mol. The minimum atomic E-state index is 0.686. The second-order valence-corrected chi connectivity index (χ2v) is 5.64. The third kappa shape index (κ3) is 5.19. The molecule has 1 aromatic heterocycles. The number of rotatable bonds is 10. The van der Waals surface area contributed by atoms with Crippen molar-refractivity contribution >= 4 is 0 Å². The molecule has 2 rings (SSSR count). The molecule has 1 aromatic rings. The smallest absolute Gasteiger partial charge is 0.0589 e. The molecule has 4 nitrogen and oxygen atoms in total. The Hall–Kier alpha value is -0.970. The maximum Gasteiger partial charge on any atom is 0.0589 e. The van der Waals surface area contributed by atoms with Crippen molar-refractivity contribution in [2.75, 3.05) is 33.4 Å². The van der Waals surface area contributed by atoms with Gasteiger partial charge in [-0.15, -0.1) is 0 Å². The van der Waals surface area contributed by atoms with E-state index in [0.717, 1.165) is 38.7 Å². The highest BCUT2D eigenvalue weighted by molar-refractivity contribution is 5.07. The molecule has 112 valence electrons. The van der Waals surface area contributed by atoms with Crippen LogP contribution in [0.5, 0.6) is 0 Å². The van der Waals surface area contributed by atoms with E-state index in [2.05, 4.69) is 28.2 Å². The molecule has 1 fully saturated rings. The zero-order valence-corrected chi connectivity index (χ0v) is 12.7. The first-order valence-electron chi connectivity index (χ1n) is 7.64. The Morgan fingerprint density at radius 3 is 2.95 bits per heavy atom. The highest BCUT2D eigenvalue weighted by Crippen LogP contribution is 2.34. The number of aromatic nitrogens is 1. The van der Waals surface area contributed by atoms with Gasteiger partial charge in [-0.2, -0.15) is 0 Å². The number of hydrogen-bond acceptors (Lipinski definition) is 4. The largest absolute Gasteiger partial charge is 0.383 e. The van der Waals surface area contributed by atoms with Gasteiger partial charge in [0.2, 0.25) is 0 Å². The van der Waals surface area contributed by atoms with Gasteiger partial charge in [-0.1, -0.05) is 6.07 Å². The Balaban J connectivity index is 1.68. The van der Waals surface area contributed by atoms with Crippen molar-refractivity contribution < 1.29 is 4.74 Å². The van der Waals surface area contributed by atoms with Gasteiger partial charge >= 0.3 is 0 Å². The van der Waals surface area contributed by atoms with Gasteiger partial charge in [0.1, 0.15) is 0 Å². The van der Waals surface area contributed by atoms with Crippen molar-refractivity contribution in [2.45, 2.75) is 32.4 Å². The number of nitrogens with zero attached hydrogens (tertiary/aromatic N) is 2. The molecule has 1 N–H and O–H groups in total. The van der Waals surface area contributed by atoms with Crippen molar-refractivity contribution in [3.63, 3.8) is 0 Å². The zero-order chi connectivity index (χ0) is 14.2. The van der Waals surface area contributed by atoms with Gasteiger partial charge in [0.05, 0.1) is 6.61 Å². The van der Waals surface area contributed by atoms with Crippen LogP contribution < -0.4 is 5.32 Å². The van der Waals surface area contributed by atoms with E-state index in [1.165, 1.54) is 18.4 Å². The topological polar surface area (TPSA) is 37.4 Å². The van der Waals surface area contributed by atoms with Crippen molar-refractivity contribution in [3.05, 3.63) is 30.1 Å². The minimum absolute atomic E-state index is 0.686. The van der Waals surface area contributed by atoms with Gasteiger partial charge in [0, 0.05) is 51.7 Å². The van der Waals surface area contributed by atoms with Crippen molar-refractivity contribution in [1.29, 1.82) is 0 Å². The summed E-state index contributed by atoms with van der Waals surface area (Å²) in [4.78, 5) is 6.68. The third-order valence-corrected chi connectivity index (χ3v) is 4.09. The van der Waals surface area contributed by atoms with Crippen LogP contribution in [0.2, 0.25) is 0 Å². The monoisotopic (exact) mass is 277 g/mol. The summed E-state index contributed by atoms with van der Waals surface area (Å²) in [5, 5.41) is 3.50. The number of hydrogen-bond donors (Lipinski definition) is 1. The zero-order valence-electron chi connectivity index (χ0n) is 12.7. The number of ether oxygens (including phenoxy) is 1. The van der Waals surface area contributed by atoms with E-state index in [1.54, 1.807) is 7.11 Å². The quantitative estimate of drug-likeness (QED) is 0.663. The molecule has 0 saturated heterocycles. The summed E-state index contributed by atoms with van der Waals surface area (Å²) in [5.41, 5.74) is 1.24. The fourth-order valence-corrected chi connectivity index (χ4v) is 2.56. The summed E-state index contributed by atoms with van der Waals surface area (Å²) in [6, 6.07) is 4.78. The van der Waals surface area contributed by atoms with E-state index >= 15 is 0 Å². The van der Waals surface area contributed by atoms with E-state index < -0.39 is 0 Å². The standard InChI is InChI=1S/C16H27N3O/c1-14(16-5-6-16)19(10-11-20-2)9-8-18-13-15-4-3-7-17-12-15/h3-4,7,12,14,16,18H,5-6,8-11,13H2,1-2H3. The molecule has 0 radical (unpaired) electrons. The van der Waals surface area contributed by atoms with E-state index in [9.17, 15) is 0 Å². The SMILES string of the molecule is COCCN(CCNCc1cccnc1)C(C)C1CC1. The highest BCUT2D eigenvalue weighted by atomic mass is 16.5. The van der Waals surface area contributed by atoms with E-state index in [0.29, 0.717) is 6.04 Å². The average Bonchev–Trinajstić information content (AvgIpc) is 3.31. The molecule has 0 aromatic carbocycles. The molecule has 1 atom stereocenters. The highest BCUT2D eigenvalue weighted by Gasteiger charge is 2.31. The fourth-order valence-electron chi connectivity index (χ4n) is 2.56. The van der Waals surface area contributed by atoms with Crippen LogP contribution in [0.25, 0.3) is 0 Å². The van der Waals surface area contributed by atoms with Gasteiger partial charge in [-0.25, -0.2) is 0 Å². The first-order valence-corrected chi connectivity index (χ1v) is 7.64. The minimum Gasteiger partial charge on any atom is -0.383 e. The molecule has 1 saturated carbocycles. The number of nitrogens with one attached hydrogen (secondary N) is 1. The molecule has 4 heteroatoms. The predicted molar refractivity (Wildman–Crippen MR) is 81.6 cm³/mol. The summed E-state index contributed by atoms with van der Waals surface area (Å²) in [6.45, 7) is 7.19. The summed E-state index contributed by atoms with van der Waals surface area (Å²) < 4.78 is 5.23. The number of methoxy groups -OCH3 is 1. The van der Waals surface area contributed by atoms with Gasteiger partial charge in [0.15, 0.2) is 0 Å². The lowest BCUT2D eigenvalue weighted by molar-refractivity contribution is 0.117. The molecule has 0 amide bonds. The molecule has 0 aliphatic heterocycles. The second-order valence-electron chi connectivity index (χ2n) is 5.64. The third-order valence-electron chi connectivity index (χ3n) is 4.09. The fraction of sp³-hybridized carbons (Fsp3) is 0.688. The van der Waals surface area contributed by atoms with Gasteiger partial charge in [0.25, 0.3) is 0 Å². The molecule has 0 spiro atoms. The Morgan fingerprint density at radius 2 is 2.30 bits per heavy atom. The lowest BCUT2D eigenvalue weighted by atomic mass is 10.2. The average molecular weight is 277 g/mol. The van der Waals surface area contributed by atoms with Crippen LogP contribution in [0.4, 0.5) is 0 Å². The Labute approximate surface area is 122 Å². The van der Waals surface area contributed by atoms with Crippen LogP contribution in [-0.2, 0) is 11.3 Å². The Kier molecular flexibility index (Phi) is 6.43. The van der Waals surface area contributed by atoms with Crippen LogP contribution in [0.15, 0.2) is 24.5 Å². The van der Waals surface area contributed by atoms with Gasteiger partial charge < -0.3 is 10.1 Å². The van der Waals surface area contributed by atoms with Crippen LogP contribution in [-0.4, -0.2) is 49.3 Å². The first kappa shape index (κ1) is 15.4. The maximum atomic E-state index is 5.23. The number of pyridine rings is 1. The van der Waals surface area contributed by atoms with Crippen molar-refractivity contribution in [3.8, 4) is 0 Å². The Morgan fingerprint density at radius 1 is 1.45 bits per heavy atom. The molecule has 20 heavy (non-hydrogen) atoms. The van der Waals surface area contributed by atoms with Crippen LogP contribution in [0.3, 0.4) is 0 Å².